The van der Waals surface area contributed by atoms with Crippen LogP contribution in [-0.2, 0) is 37.4 Å². The molecule has 0 radical (unpaired) electrons. The summed E-state index contributed by atoms with van der Waals surface area (Å²) in [5.74, 6) is -2.37. The van der Waals surface area contributed by atoms with Gasteiger partial charge in [-0.3, -0.25) is 9.46 Å². The second-order valence-electron chi connectivity index (χ2n) is 11.7. The number of nitrogens with zero attached hydrogens (tertiary/aromatic N) is 4. The van der Waals surface area contributed by atoms with Gasteiger partial charge in [0.05, 0.1) is 49.8 Å². The summed E-state index contributed by atoms with van der Waals surface area (Å²) in [7, 11) is -3.96. The molecular weight excluding hydrogens is 615 g/mol. The Morgan fingerprint density at radius 2 is 1.80 bits per heavy atom. The lowest BCUT2D eigenvalue weighted by Crippen LogP contribution is -2.42. The van der Waals surface area contributed by atoms with Crippen LogP contribution in [0.1, 0.15) is 86.3 Å². The average Bonchev–Trinajstić information content (AvgIpc) is 3.70. The van der Waals surface area contributed by atoms with E-state index in [0.717, 1.165) is 25.7 Å². The van der Waals surface area contributed by atoms with E-state index in [1.807, 2.05) is 20.8 Å². The fraction of sp³-hybridized carbons (Fsp3) is 0.724. The summed E-state index contributed by atoms with van der Waals surface area (Å²) in [5, 5.41) is 5.44. The molecule has 3 heterocycles. The number of hydrogen-bond donors (Lipinski definition) is 0. The van der Waals surface area contributed by atoms with Gasteiger partial charge in [0.2, 0.25) is 0 Å². The van der Waals surface area contributed by atoms with Crippen LogP contribution in [0.4, 0.5) is 10.5 Å². The molecule has 2 aromatic rings. The van der Waals surface area contributed by atoms with E-state index in [9.17, 15) is 14.2 Å². The second-order valence-corrected chi connectivity index (χ2v) is 14.1. The SMILES string of the molecule is CCOC(=O)C(OC[C@@H]1CC[C@H](n2ncc3c(N(C(=O)OC(C)(C)C)C4CCCC4)cc(Cl)nc32)O1)P(=O)(OCC)OCC. The minimum atomic E-state index is -3.96. The van der Waals surface area contributed by atoms with Crippen LogP contribution in [0.2, 0.25) is 5.15 Å². The van der Waals surface area contributed by atoms with E-state index >= 15 is 0 Å². The second kappa shape index (κ2) is 14.9. The molecule has 2 fully saturated rings. The Morgan fingerprint density at radius 1 is 1.11 bits per heavy atom. The zero-order chi connectivity index (χ0) is 32.1. The van der Waals surface area contributed by atoms with Gasteiger partial charge in [0, 0.05) is 12.1 Å². The normalized spacial score (nSPS) is 20.2. The third-order valence-corrected chi connectivity index (χ3v) is 9.61. The van der Waals surface area contributed by atoms with Gasteiger partial charge in [-0.25, -0.2) is 19.3 Å². The van der Waals surface area contributed by atoms with Crippen molar-refractivity contribution in [3.05, 3.63) is 17.4 Å². The molecule has 0 spiro atoms. The van der Waals surface area contributed by atoms with Crippen LogP contribution in [0.25, 0.3) is 11.0 Å². The van der Waals surface area contributed by atoms with Crippen molar-refractivity contribution < 1.29 is 42.1 Å². The van der Waals surface area contributed by atoms with Crippen LogP contribution in [0.3, 0.4) is 0 Å². The van der Waals surface area contributed by atoms with Gasteiger partial charge < -0.3 is 28.0 Å². The number of anilines is 1. The summed E-state index contributed by atoms with van der Waals surface area (Å²) in [6.45, 7) is 10.6. The molecule has 13 nitrogen and oxygen atoms in total. The lowest BCUT2D eigenvalue weighted by Gasteiger charge is -2.32. The zero-order valence-electron chi connectivity index (χ0n) is 26.3. The zero-order valence-corrected chi connectivity index (χ0v) is 28.0. The van der Waals surface area contributed by atoms with Crippen LogP contribution < -0.4 is 4.90 Å². The number of fused-ring (bicyclic) bond motifs is 1. The number of ether oxygens (including phenoxy) is 4. The fourth-order valence-electron chi connectivity index (χ4n) is 5.52. The van der Waals surface area contributed by atoms with E-state index in [0.29, 0.717) is 29.6 Å². The van der Waals surface area contributed by atoms with Crippen molar-refractivity contribution in [2.75, 3.05) is 31.3 Å². The number of pyridine rings is 1. The number of esters is 1. The van der Waals surface area contributed by atoms with Gasteiger partial charge >= 0.3 is 19.7 Å². The van der Waals surface area contributed by atoms with Crippen molar-refractivity contribution in [3.8, 4) is 0 Å². The number of aromatic nitrogens is 3. The molecule has 2 aromatic heterocycles. The first kappa shape index (κ1) is 34.6. The molecule has 1 aliphatic heterocycles. The first-order chi connectivity index (χ1) is 20.9. The molecule has 0 N–H and O–H groups in total. The molecular formula is C29H44ClN4O9P. The Bertz CT molecular complexity index is 1330. The predicted octanol–water partition coefficient (Wildman–Crippen LogP) is 6.62. The Hall–Kier alpha value is -2.28. The van der Waals surface area contributed by atoms with Crippen LogP contribution >= 0.6 is 19.2 Å². The molecule has 4 rings (SSSR count). The molecule has 44 heavy (non-hydrogen) atoms. The first-order valence-corrected chi connectivity index (χ1v) is 17.3. The van der Waals surface area contributed by atoms with Crippen molar-refractivity contribution in [1.82, 2.24) is 14.8 Å². The number of hydrogen-bond acceptors (Lipinski definition) is 11. The van der Waals surface area contributed by atoms with Crippen LogP contribution in [-0.4, -0.2) is 76.8 Å². The van der Waals surface area contributed by atoms with Gasteiger partial charge in [-0.1, -0.05) is 24.4 Å². The minimum Gasteiger partial charge on any atom is -0.464 e. The van der Waals surface area contributed by atoms with Gasteiger partial charge in [0.15, 0.2) is 11.9 Å². The van der Waals surface area contributed by atoms with Gasteiger partial charge in [-0.15, -0.1) is 0 Å². The molecule has 1 unspecified atom stereocenters. The van der Waals surface area contributed by atoms with E-state index in [1.54, 1.807) is 42.6 Å². The van der Waals surface area contributed by atoms with Crippen molar-refractivity contribution in [1.29, 1.82) is 0 Å². The third kappa shape index (κ3) is 8.10. The van der Waals surface area contributed by atoms with Gasteiger partial charge in [0.1, 0.15) is 10.8 Å². The molecule has 1 aliphatic carbocycles. The standard InChI is InChI=1S/C29H44ClN4O9P/c1-7-38-26(35)27(44(37,40-8-2)41-9-3)39-18-20-14-15-24(42-20)34-25-21(17-31-34)22(16-23(30)32-25)33(19-12-10-11-13-19)28(36)43-29(4,5)6/h16-17,19-20,24,27H,7-15,18H2,1-6H3/t20-,24+,27?/m0/s1. The molecule has 0 aromatic carbocycles. The molecule has 246 valence electrons. The molecule has 1 saturated heterocycles. The third-order valence-electron chi connectivity index (χ3n) is 7.24. The lowest BCUT2D eigenvalue weighted by atomic mass is 10.1. The minimum absolute atomic E-state index is 0.0316. The molecule has 1 saturated carbocycles. The maximum Gasteiger partial charge on any atom is 0.415 e. The molecule has 2 aliphatic rings. The summed E-state index contributed by atoms with van der Waals surface area (Å²) in [6.07, 6.45) is 5.12. The van der Waals surface area contributed by atoms with Gasteiger partial charge in [-0.2, -0.15) is 5.10 Å². The topological polar surface area (TPSA) is 141 Å². The number of halogens is 1. The Kier molecular flexibility index (Phi) is 11.7. The van der Waals surface area contributed by atoms with Crippen molar-refractivity contribution in [2.45, 2.75) is 110 Å². The fourth-order valence-corrected chi connectivity index (χ4v) is 7.37. The van der Waals surface area contributed by atoms with Crippen molar-refractivity contribution in [2.24, 2.45) is 0 Å². The Balaban J connectivity index is 1.56. The summed E-state index contributed by atoms with van der Waals surface area (Å²) in [5.41, 5.74) is 0.381. The summed E-state index contributed by atoms with van der Waals surface area (Å²) >= 11 is 6.52. The smallest absolute Gasteiger partial charge is 0.415 e. The van der Waals surface area contributed by atoms with E-state index in [2.05, 4.69) is 10.1 Å². The van der Waals surface area contributed by atoms with E-state index in [4.69, 9.17) is 39.6 Å². The highest BCUT2D eigenvalue weighted by Gasteiger charge is 2.44. The number of carbonyl (C=O) groups excluding carboxylic acids is 2. The maximum absolute atomic E-state index is 13.5. The molecule has 3 atom stereocenters. The van der Waals surface area contributed by atoms with E-state index < -0.39 is 43.4 Å². The van der Waals surface area contributed by atoms with Crippen LogP contribution in [0, 0.1) is 0 Å². The highest BCUT2D eigenvalue weighted by atomic mass is 35.5. The van der Waals surface area contributed by atoms with E-state index in [-0.39, 0.29) is 37.6 Å². The predicted molar refractivity (Wildman–Crippen MR) is 164 cm³/mol. The van der Waals surface area contributed by atoms with Crippen LogP contribution in [0.15, 0.2) is 12.3 Å². The number of rotatable bonds is 13. The van der Waals surface area contributed by atoms with Gasteiger partial charge in [-0.05, 0) is 67.2 Å². The molecule has 1 amide bonds. The number of amides is 1. The number of carbonyl (C=O) groups is 2. The van der Waals surface area contributed by atoms with Crippen molar-refractivity contribution in [3.63, 3.8) is 0 Å². The quantitative estimate of drug-likeness (QED) is 0.130. The average molecular weight is 659 g/mol. The highest BCUT2D eigenvalue weighted by Crippen LogP contribution is 2.54. The van der Waals surface area contributed by atoms with Crippen molar-refractivity contribution >= 4 is 48.0 Å². The monoisotopic (exact) mass is 658 g/mol. The Morgan fingerprint density at radius 3 is 2.41 bits per heavy atom. The van der Waals surface area contributed by atoms with Crippen LogP contribution in [0.5, 0.6) is 0 Å². The molecule has 15 heteroatoms. The maximum atomic E-state index is 13.5. The highest BCUT2D eigenvalue weighted by molar-refractivity contribution is 7.55. The largest absolute Gasteiger partial charge is 0.464 e. The Labute approximate surface area is 263 Å². The summed E-state index contributed by atoms with van der Waals surface area (Å²) in [4.78, 5) is 32.4. The van der Waals surface area contributed by atoms with Gasteiger partial charge in [0.25, 0.3) is 5.85 Å². The first-order valence-electron chi connectivity index (χ1n) is 15.3. The lowest BCUT2D eigenvalue weighted by molar-refractivity contribution is -0.154. The summed E-state index contributed by atoms with van der Waals surface area (Å²) in [6, 6.07) is 1.64. The molecule has 0 bridgehead atoms. The van der Waals surface area contributed by atoms with E-state index in [1.165, 1.54) is 0 Å². The summed E-state index contributed by atoms with van der Waals surface area (Å²) < 4.78 is 48.7.